The van der Waals surface area contributed by atoms with E-state index in [1.54, 1.807) is 0 Å². The number of aromatic nitrogens is 6. The second-order valence-electron chi connectivity index (χ2n) is 17.5. The van der Waals surface area contributed by atoms with E-state index in [-0.39, 0.29) is 0 Å². The molecule has 0 amide bonds. The summed E-state index contributed by atoms with van der Waals surface area (Å²) in [5.41, 5.74) is 15.2. The third kappa shape index (κ3) is 6.43. The third-order valence-electron chi connectivity index (χ3n) is 13.4. The summed E-state index contributed by atoms with van der Waals surface area (Å²) in [5.74, 6) is 1.58. The zero-order valence-corrected chi connectivity index (χ0v) is 37.0. The number of rotatable bonds is 7. The minimum absolute atomic E-state index is 0.496. The van der Waals surface area contributed by atoms with Crippen molar-refractivity contribution in [1.82, 2.24) is 29.1 Å². The Hall–Kier alpha value is -9.46. The molecule has 7 heteroatoms. The first kappa shape index (κ1) is 38.8. The topological polar surface area (TPSA) is 74.6 Å². The fraction of sp³-hybridized carbons (Fsp3) is 0. The van der Waals surface area contributed by atoms with E-state index in [4.69, 9.17) is 19.4 Å². The van der Waals surface area contributed by atoms with Gasteiger partial charge in [0.15, 0.2) is 5.82 Å². The Balaban J connectivity index is 1.04. The van der Waals surface area contributed by atoms with E-state index in [0.717, 1.165) is 116 Å². The van der Waals surface area contributed by atoms with Crippen LogP contribution in [0.2, 0.25) is 0 Å². The average molecular weight is 883 g/mol. The molecule has 0 unspecified atom stereocenters. The number of nitrogens with zero attached hydrogens (tertiary/aromatic N) is 6. The van der Waals surface area contributed by atoms with Crippen LogP contribution in [0.25, 0.3) is 133 Å². The molecule has 9 aromatic carbocycles. The van der Waals surface area contributed by atoms with Crippen LogP contribution in [-0.2, 0) is 0 Å². The molecule has 0 spiro atoms. The maximum absolute atomic E-state index is 6.57. The van der Waals surface area contributed by atoms with Gasteiger partial charge in [0, 0.05) is 55.7 Å². The largest absolute Gasteiger partial charge is 0.456 e. The Morgan fingerprint density at radius 1 is 0.290 bits per heavy atom. The second kappa shape index (κ2) is 15.6. The summed E-state index contributed by atoms with van der Waals surface area (Å²) in [4.78, 5) is 20.9. The van der Waals surface area contributed by atoms with E-state index in [1.165, 1.54) is 0 Å². The molecule has 14 rings (SSSR count). The van der Waals surface area contributed by atoms with Crippen molar-refractivity contribution in [2.75, 3.05) is 0 Å². The van der Waals surface area contributed by atoms with Gasteiger partial charge in [0.05, 0.1) is 27.8 Å². The molecule has 0 bridgehead atoms. The van der Waals surface area contributed by atoms with Crippen LogP contribution in [0.4, 0.5) is 0 Å². The third-order valence-corrected chi connectivity index (χ3v) is 13.4. The van der Waals surface area contributed by atoms with Gasteiger partial charge in [-0.3, -0.25) is 14.1 Å². The van der Waals surface area contributed by atoms with Gasteiger partial charge in [-0.05, 0) is 100 Å². The van der Waals surface area contributed by atoms with Crippen LogP contribution in [0, 0.1) is 0 Å². The normalized spacial score (nSPS) is 11.8. The van der Waals surface area contributed by atoms with E-state index in [0.29, 0.717) is 17.7 Å². The van der Waals surface area contributed by atoms with Gasteiger partial charge >= 0.3 is 0 Å². The van der Waals surface area contributed by atoms with Gasteiger partial charge in [-0.25, -0.2) is 0 Å². The lowest BCUT2D eigenvalue weighted by Gasteiger charge is -2.13. The smallest absolute Gasteiger partial charge is 0.240 e. The fourth-order valence-corrected chi connectivity index (χ4v) is 10.2. The molecule has 7 nitrogen and oxygen atoms in total. The minimum Gasteiger partial charge on any atom is -0.456 e. The summed E-state index contributed by atoms with van der Waals surface area (Å²) >= 11 is 0. The highest BCUT2D eigenvalue weighted by atomic mass is 16.3. The summed E-state index contributed by atoms with van der Waals surface area (Å²) in [6.45, 7) is 0. The maximum Gasteiger partial charge on any atom is 0.240 e. The molecule has 0 saturated heterocycles. The number of pyridine rings is 1. The number of hydrogen-bond donors (Lipinski definition) is 0. The van der Waals surface area contributed by atoms with E-state index >= 15 is 0 Å². The van der Waals surface area contributed by atoms with Crippen molar-refractivity contribution in [3.05, 3.63) is 231 Å². The highest BCUT2D eigenvalue weighted by Crippen LogP contribution is 2.41. The van der Waals surface area contributed by atoms with Gasteiger partial charge in [-0.2, -0.15) is 15.0 Å². The highest BCUT2D eigenvalue weighted by Gasteiger charge is 2.23. The molecule has 69 heavy (non-hydrogen) atoms. The predicted molar refractivity (Wildman–Crippen MR) is 281 cm³/mol. The number of furan rings is 1. The van der Waals surface area contributed by atoms with Crippen molar-refractivity contribution >= 4 is 65.6 Å². The summed E-state index contributed by atoms with van der Waals surface area (Å²) < 4.78 is 11.0. The van der Waals surface area contributed by atoms with Gasteiger partial charge in [0.1, 0.15) is 11.2 Å². The summed E-state index contributed by atoms with van der Waals surface area (Å²) in [6.07, 6.45) is 1.84. The van der Waals surface area contributed by atoms with Crippen LogP contribution >= 0.6 is 0 Å². The van der Waals surface area contributed by atoms with Crippen molar-refractivity contribution < 1.29 is 4.42 Å². The lowest BCUT2D eigenvalue weighted by Crippen LogP contribution is -2.10. The highest BCUT2D eigenvalue weighted by molar-refractivity contribution is 6.18. The maximum atomic E-state index is 6.57. The molecule has 0 atom stereocenters. The van der Waals surface area contributed by atoms with Crippen LogP contribution in [0.15, 0.2) is 235 Å². The molecule has 0 saturated carbocycles. The Labute approximate surface area is 395 Å². The number of fused-ring (bicyclic) bond motifs is 9. The molecule has 0 aliphatic rings. The number of hydrogen-bond acceptors (Lipinski definition) is 5. The second-order valence-corrected chi connectivity index (χ2v) is 17.5. The average Bonchev–Trinajstić information content (AvgIpc) is 4.07. The molecule has 0 fully saturated rings. The molecule has 5 heterocycles. The first-order valence-electron chi connectivity index (χ1n) is 23.1. The van der Waals surface area contributed by atoms with Gasteiger partial charge in [-0.1, -0.05) is 152 Å². The Morgan fingerprint density at radius 2 is 0.783 bits per heavy atom. The fourth-order valence-electron chi connectivity index (χ4n) is 10.2. The number of para-hydroxylation sites is 1. The van der Waals surface area contributed by atoms with Crippen LogP contribution in [-0.4, -0.2) is 29.1 Å². The molecular weight excluding hydrogens is 845 g/mol. The minimum atomic E-state index is 0.496. The Kier molecular flexibility index (Phi) is 8.75. The molecule has 14 aromatic rings. The van der Waals surface area contributed by atoms with Crippen LogP contribution in [0.3, 0.4) is 0 Å². The van der Waals surface area contributed by atoms with Gasteiger partial charge in [-0.15, -0.1) is 0 Å². The van der Waals surface area contributed by atoms with Crippen molar-refractivity contribution in [3.8, 4) is 67.9 Å². The summed E-state index contributed by atoms with van der Waals surface area (Å²) in [7, 11) is 0. The van der Waals surface area contributed by atoms with Crippen molar-refractivity contribution in [3.63, 3.8) is 0 Å². The summed E-state index contributed by atoms with van der Waals surface area (Å²) in [5, 5.41) is 6.47. The van der Waals surface area contributed by atoms with Gasteiger partial charge < -0.3 is 4.42 Å². The van der Waals surface area contributed by atoms with Crippen LogP contribution < -0.4 is 0 Å². The lowest BCUT2D eigenvalue weighted by atomic mass is 9.99. The first-order chi connectivity index (χ1) is 34.2. The van der Waals surface area contributed by atoms with Crippen molar-refractivity contribution in [2.24, 2.45) is 0 Å². The van der Waals surface area contributed by atoms with E-state index in [1.807, 2.05) is 54.7 Å². The monoisotopic (exact) mass is 882 g/mol. The zero-order chi connectivity index (χ0) is 45.4. The quantitative estimate of drug-likeness (QED) is 0.159. The summed E-state index contributed by atoms with van der Waals surface area (Å²) in [6, 6.07) is 78.6. The molecule has 0 aliphatic carbocycles. The Bertz CT molecular complexity index is 4190. The molecule has 0 radical (unpaired) electrons. The molecule has 0 N–H and O–H groups in total. The van der Waals surface area contributed by atoms with Crippen molar-refractivity contribution in [2.45, 2.75) is 0 Å². The molecular formula is C62H38N6O. The van der Waals surface area contributed by atoms with E-state index < -0.39 is 0 Å². The first-order valence-corrected chi connectivity index (χ1v) is 23.1. The predicted octanol–water partition coefficient (Wildman–Crippen LogP) is 15.7. The lowest BCUT2D eigenvalue weighted by molar-refractivity contribution is 0.669. The van der Waals surface area contributed by atoms with Crippen molar-refractivity contribution in [1.29, 1.82) is 0 Å². The molecule has 5 aromatic heterocycles. The molecule has 322 valence electrons. The van der Waals surface area contributed by atoms with Gasteiger partial charge in [0.2, 0.25) is 11.9 Å². The Morgan fingerprint density at radius 3 is 1.39 bits per heavy atom. The standard InChI is InChI=1S/C62H38N6O/c1-4-15-39(16-5-1)43-26-29-54-48(34-43)49-35-44(40-17-6-2-7-18-40)27-30-55(49)67(54)61-64-60(41-19-8-3-9-20-41)65-62(66-61)68-56-31-28-45(42-21-14-22-46(33-42)53-24-12-13-32-63-53)36-50(56)51-37-52-47-23-10-11-25-58(47)69-59(52)38-57(51)68/h1-38H. The zero-order valence-electron chi connectivity index (χ0n) is 37.0. The SMILES string of the molecule is c1ccc(-c2ccc3c(c2)c2cc(-c4ccccc4)ccc2n3-c2nc(-c3ccccc3)nc(-n3c4ccc(-c5cccc(-c6ccccn6)c5)cc4c4cc5c(cc43)oc3ccccc35)n2)cc1. The van der Waals surface area contributed by atoms with Crippen LogP contribution in [0.5, 0.6) is 0 Å². The number of benzene rings is 9. The van der Waals surface area contributed by atoms with E-state index in [2.05, 4.69) is 190 Å². The molecule has 0 aliphatic heterocycles. The van der Waals surface area contributed by atoms with E-state index in [9.17, 15) is 0 Å². The van der Waals surface area contributed by atoms with Gasteiger partial charge in [0.25, 0.3) is 0 Å². The van der Waals surface area contributed by atoms with Crippen LogP contribution in [0.1, 0.15) is 0 Å².